The summed E-state index contributed by atoms with van der Waals surface area (Å²) in [5, 5.41) is 0. The number of H-pyrrole nitrogens is 1. The molecule has 0 bridgehead atoms. The van der Waals surface area contributed by atoms with E-state index in [-0.39, 0.29) is 0 Å². The zero-order chi connectivity index (χ0) is 21.9. The van der Waals surface area contributed by atoms with E-state index in [1.807, 2.05) is 0 Å². The molecule has 168 valence electrons. The minimum Gasteiger partial charge on any atom is -0.756 e. The molecular weight excluding hydrogens is 473 g/mol. The summed E-state index contributed by atoms with van der Waals surface area (Å²) in [5.74, 6) is -1.05. The molecule has 6 atom stereocenters. The van der Waals surface area contributed by atoms with Crippen molar-refractivity contribution in [2.45, 2.75) is 44.2 Å². The smallest absolute Gasteiger partial charge is 0.346 e. The van der Waals surface area contributed by atoms with Gasteiger partial charge in [0.1, 0.15) is 18.3 Å². The average molecular weight is 488 g/mol. The van der Waals surface area contributed by atoms with Crippen molar-refractivity contribution in [1.82, 2.24) is 9.55 Å². The van der Waals surface area contributed by atoms with Gasteiger partial charge >= 0.3 is 14.3 Å². The van der Waals surface area contributed by atoms with E-state index in [2.05, 4.69) is 17.9 Å². The first kappa shape index (κ1) is 22.4. The highest BCUT2D eigenvalue weighted by atomic mass is 31.3. The summed E-state index contributed by atoms with van der Waals surface area (Å²) in [6.07, 6.45) is -2.31. The van der Waals surface area contributed by atoms with Crippen LogP contribution in [-0.2, 0) is 40.8 Å². The number of fused-ring (bicyclic) bond motifs is 1. The molecule has 3 saturated heterocycles. The molecule has 1 N–H and O–H groups in total. The molecule has 30 heavy (non-hydrogen) atoms. The molecule has 1 aromatic heterocycles. The molecule has 3 aliphatic heterocycles. The van der Waals surface area contributed by atoms with Gasteiger partial charge in [-0.15, -0.1) is 0 Å². The van der Waals surface area contributed by atoms with Gasteiger partial charge in [0.25, 0.3) is 21.2 Å². The first-order valence-corrected chi connectivity index (χ1v) is 12.3. The van der Waals surface area contributed by atoms with Gasteiger partial charge in [0, 0.05) is 12.3 Å². The van der Waals surface area contributed by atoms with Crippen LogP contribution in [0, 0.1) is 0 Å². The number of hydrogen-bond donors (Lipinski definition) is 1. The molecule has 4 rings (SSSR count). The summed E-state index contributed by atoms with van der Waals surface area (Å²) >= 11 is 0. The summed E-state index contributed by atoms with van der Waals surface area (Å²) in [6, 6.07) is 1.12. The number of nitrogens with zero attached hydrogens (tertiary/aromatic N) is 1. The van der Waals surface area contributed by atoms with E-state index in [9.17, 15) is 28.5 Å². The van der Waals surface area contributed by atoms with Crippen LogP contribution >= 0.6 is 24.2 Å². The minimum absolute atomic E-state index is 0.430. The van der Waals surface area contributed by atoms with Gasteiger partial charge in [-0.05, 0) is 13.8 Å². The zero-order valence-electron chi connectivity index (χ0n) is 15.3. The summed E-state index contributed by atoms with van der Waals surface area (Å²) in [4.78, 5) is 48.3. The molecule has 0 saturated carbocycles. The first-order valence-electron chi connectivity index (χ1n) is 8.33. The maximum atomic E-state index is 12.1. The van der Waals surface area contributed by atoms with Gasteiger partial charge in [-0.2, -0.15) is 0 Å². The summed E-state index contributed by atoms with van der Waals surface area (Å²) in [7, 11) is -13.2. The molecule has 18 heteroatoms. The fraction of sp³-hybridized carbons (Fsp3) is 0.667. The van der Waals surface area contributed by atoms with E-state index < -0.39 is 72.4 Å². The molecule has 0 spiro atoms. The van der Waals surface area contributed by atoms with Crippen molar-refractivity contribution >= 4 is 24.2 Å². The number of hydrogen-bond acceptors (Lipinski definition) is 13. The second-order valence-corrected chi connectivity index (χ2v) is 11.3. The van der Waals surface area contributed by atoms with Crippen LogP contribution in [-0.4, -0.2) is 40.3 Å². The predicted octanol–water partition coefficient (Wildman–Crippen LogP) is -0.802. The second kappa shape index (κ2) is 7.66. The lowest BCUT2D eigenvalue weighted by molar-refractivity contribution is -0.240. The lowest BCUT2D eigenvalue weighted by Gasteiger charge is -2.38. The van der Waals surface area contributed by atoms with Gasteiger partial charge in [0.15, 0.2) is 12.0 Å². The summed E-state index contributed by atoms with van der Waals surface area (Å²) in [6.45, 7) is 2.83. The number of aromatic amines is 1. The Kier molecular flexibility index (Phi) is 5.72. The highest BCUT2D eigenvalue weighted by Crippen LogP contribution is 2.73. The molecule has 0 aromatic carbocycles. The number of rotatable bonds is 4. The molecule has 3 fully saturated rings. The van der Waals surface area contributed by atoms with E-state index in [1.54, 1.807) is 13.8 Å². The van der Waals surface area contributed by atoms with Crippen LogP contribution in [0.15, 0.2) is 21.9 Å². The Hall–Kier alpha value is -0.790. The third-order valence-corrected chi connectivity index (χ3v) is 8.75. The van der Waals surface area contributed by atoms with Gasteiger partial charge in [0.05, 0.1) is 6.61 Å². The van der Waals surface area contributed by atoms with Crippen LogP contribution in [0.2, 0.25) is 0 Å². The van der Waals surface area contributed by atoms with Crippen LogP contribution in [0.5, 0.6) is 0 Å². The van der Waals surface area contributed by atoms with Gasteiger partial charge in [-0.1, -0.05) is 0 Å². The first-order chi connectivity index (χ1) is 13.8. The predicted molar refractivity (Wildman–Crippen MR) is 90.4 cm³/mol. The Labute approximate surface area is 169 Å². The van der Waals surface area contributed by atoms with Crippen LogP contribution in [0.4, 0.5) is 0 Å². The molecule has 0 radical (unpaired) electrons. The molecule has 4 heterocycles. The molecule has 3 aliphatic rings. The van der Waals surface area contributed by atoms with Crippen LogP contribution in [0.25, 0.3) is 0 Å². The maximum Gasteiger partial charge on any atom is 0.346 e. The third kappa shape index (κ3) is 4.68. The number of ether oxygens (including phenoxy) is 3. The molecular formula is C12H15N2O13P3-2. The molecule has 15 nitrogen and oxygen atoms in total. The molecule has 0 amide bonds. The van der Waals surface area contributed by atoms with Crippen molar-refractivity contribution in [3.05, 3.63) is 33.1 Å². The highest BCUT2D eigenvalue weighted by Gasteiger charge is 2.56. The van der Waals surface area contributed by atoms with Gasteiger partial charge < -0.3 is 28.5 Å². The van der Waals surface area contributed by atoms with Crippen molar-refractivity contribution in [3.63, 3.8) is 0 Å². The van der Waals surface area contributed by atoms with Crippen molar-refractivity contribution in [2.24, 2.45) is 0 Å². The summed E-state index contributed by atoms with van der Waals surface area (Å²) in [5.41, 5.74) is -1.35. The largest absolute Gasteiger partial charge is 0.756 e. The second-order valence-electron chi connectivity index (χ2n) is 6.81. The fourth-order valence-electron chi connectivity index (χ4n) is 3.16. The molecule has 0 aliphatic carbocycles. The summed E-state index contributed by atoms with van der Waals surface area (Å²) < 4.78 is 58.7. The van der Waals surface area contributed by atoms with Crippen molar-refractivity contribution < 1.29 is 50.6 Å². The lowest BCUT2D eigenvalue weighted by Crippen LogP contribution is -2.37. The van der Waals surface area contributed by atoms with Crippen molar-refractivity contribution in [3.8, 4) is 0 Å². The van der Waals surface area contributed by atoms with Crippen LogP contribution in [0.3, 0.4) is 0 Å². The standard InChI is InChI=1S/C12H17N2O13P3/c1-12(2)23-8-6(5-21-28-25-29(17,18)27-30(19,20)26-28)22-10(9(8)24-12)14-4-3-7(15)13-11(14)16/h3-4,6,8-10H,5H2,1-2H3,(H,17,18)(H,19,20)(H,13,15,16)/p-2/t6-,8-,9-,10-/m1/s1. The lowest BCUT2D eigenvalue weighted by atomic mass is 10.1. The van der Waals surface area contributed by atoms with Gasteiger partial charge in [-0.3, -0.25) is 23.5 Å². The van der Waals surface area contributed by atoms with Crippen molar-refractivity contribution in [1.29, 1.82) is 0 Å². The van der Waals surface area contributed by atoms with Gasteiger partial charge in [0.2, 0.25) is 0 Å². The maximum absolute atomic E-state index is 12.1. The van der Waals surface area contributed by atoms with Crippen LogP contribution < -0.4 is 21.0 Å². The topological polar surface area (TPSA) is 200 Å². The highest BCUT2D eigenvalue weighted by molar-refractivity contribution is 7.71. The average Bonchev–Trinajstić information content (AvgIpc) is 3.04. The molecule has 1 aromatic rings. The SMILES string of the molecule is CC1(C)O[C@@H]2[C@H](O1)[C@@H](COP1OP(=O)([O-])OP(=O)([O-])O1)O[C@H]2n1ccc(=O)[nH]c1=O. The zero-order valence-corrected chi connectivity index (χ0v) is 18.0. The monoisotopic (exact) mass is 488 g/mol. The Bertz CT molecular complexity index is 1010. The number of aromatic nitrogens is 2. The quantitative estimate of drug-likeness (QED) is 0.517. The van der Waals surface area contributed by atoms with E-state index in [1.165, 1.54) is 6.20 Å². The Balaban J connectivity index is 1.52. The Morgan fingerprint density at radius 2 is 1.83 bits per heavy atom. The van der Waals surface area contributed by atoms with E-state index in [4.69, 9.17) is 18.7 Å². The Morgan fingerprint density at radius 1 is 1.20 bits per heavy atom. The molecule has 2 unspecified atom stereocenters. The van der Waals surface area contributed by atoms with E-state index in [0.717, 1.165) is 10.6 Å². The normalized spacial score (nSPS) is 42.9. The van der Waals surface area contributed by atoms with E-state index in [0.29, 0.717) is 0 Å². The Morgan fingerprint density at radius 3 is 2.47 bits per heavy atom. The van der Waals surface area contributed by atoms with Crippen molar-refractivity contribution in [2.75, 3.05) is 6.61 Å². The third-order valence-electron chi connectivity index (χ3n) is 4.13. The minimum atomic E-state index is -5.16. The van der Waals surface area contributed by atoms with E-state index >= 15 is 0 Å². The number of nitrogens with one attached hydrogen (secondary N) is 1. The van der Waals surface area contributed by atoms with Crippen LogP contribution in [0.1, 0.15) is 20.1 Å². The van der Waals surface area contributed by atoms with Gasteiger partial charge in [-0.25, -0.2) is 17.7 Å². The fourth-order valence-corrected chi connectivity index (χ4v) is 7.25. The number of phosphoric acid groups is 2.